The van der Waals surface area contributed by atoms with E-state index in [2.05, 4.69) is 10.4 Å². The van der Waals surface area contributed by atoms with Crippen LogP contribution in [-0.2, 0) is 7.05 Å². The van der Waals surface area contributed by atoms with Gasteiger partial charge in [0.25, 0.3) is 11.5 Å². The van der Waals surface area contributed by atoms with Crippen LogP contribution in [-0.4, -0.2) is 15.7 Å². The van der Waals surface area contributed by atoms with Crippen molar-refractivity contribution in [2.75, 3.05) is 5.32 Å². The lowest BCUT2D eigenvalue weighted by molar-refractivity contribution is 0.102. The van der Waals surface area contributed by atoms with Crippen LogP contribution >= 0.6 is 0 Å². The average Bonchev–Trinajstić information content (AvgIpc) is 2.59. The highest BCUT2D eigenvalue weighted by Crippen LogP contribution is 2.05. The fourth-order valence-corrected chi connectivity index (χ4v) is 1.38. The predicted molar refractivity (Wildman–Crippen MR) is 60.4 cm³/mol. The summed E-state index contributed by atoms with van der Waals surface area (Å²) in [6, 6.07) is 10.2. The van der Waals surface area contributed by atoms with Crippen LogP contribution < -0.4 is 10.9 Å². The van der Waals surface area contributed by atoms with Gasteiger partial charge in [0, 0.05) is 18.7 Å². The van der Waals surface area contributed by atoms with E-state index in [9.17, 15) is 9.59 Å². The van der Waals surface area contributed by atoms with E-state index in [1.54, 1.807) is 31.3 Å². The minimum atomic E-state index is -0.245. The average molecular weight is 217 g/mol. The Labute approximate surface area is 91.7 Å². The number of amides is 1. The van der Waals surface area contributed by atoms with Gasteiger partial charge in [0.1, 0.15) is 5.82 Å². The molecule has 0 bridgehead atoms. The molecule has 0 aliphatic carbocycles. The van der Waals surface area contributed by atoms with E-state index in [-0.39, 0.29) is 11.5 Å². The molecule has 0 radical (unpaired) electrons. The Kier molecular flexibility index (Phi) is 2.59. The minimum Gasteiger partial charge on any atom is -0.307 e. The second-order valence-electron chi connectivity index (χ2n) is 3.38. The van der Waals surface area contributed by atoms with Gasteiger partial charge in [-0.2, -0.15) is 0 Å². The fourth-order valence-electron chi connectivity index (χ4n) is 1.38. The molecule has 2 aromatic rings. The Morgan fingerprint density at radius 2 is 2.00 bits per heavy atom. The smallest absolute Gasteiger partial charge is 0.266 e. The zero-order valence-electron chi connectivity index (χ0n) is 8.73. The summed E-state index contributed by atoms with van der Waals surface area (Å²) in [6.45, 7) is 0. The first-order valence-electron chi connectivity index (χ1n) is 4.79. The van der Waals surface area contributed by atoms with Gasteiger partial charge in [-0.25, -0.2) is 0 Å². The van der Waals surface area contributed by atoms with E-state index < -0.39 is 0 Å². The predicted octanol–water partition coefficient (Wildman–Crippen LogP) is 0.966. The number of aryl methyl sites for hydroxylation is 1. The quantitative estimate of drug-likeness (QED) is 0.787. The summed E-state index contributed by atoms with van der Waals surface area (Å²) in [5, 5.41) is 5.15. The number of nitrogens with zero attached hydrogens (tertiary/aromatic N) is 1. The van der Waals surface area contributed by atoms with Crippen molar-refractivity contribution in [2.45, 2.75) is 0 Å². The number of nitrogens with one attached hydrogen (secondary N) is 2. The first kappa shape index (κ1) is 10.2. The Balaban J connectivity index is 2.20. The van der Waals surface area contributed by atoms with Crippen LogP contribution in [0.2, 0.25) is 0 Å². The normalized spacial score (nSPS) is 10.1. The SMILES string of the molecule is Cn1[nH]c(=O)cc1NC(=O)c1ccccc1. The van der Waals surface area contributed by atoms with Crippen molar-refractivity contribution in [2.24, 2.45) is 7.05 Å². The van der Waals surface area contributed by atoms with Gasteiger partial charge in [-0.05, 0) is 12.1 Å². The van der Waals surface area contributed by atoms with Gasteiger partial charge < -0.3 is 5.32 Å². The number of hydrogen-bond donors (Lipinski definition) is 2. The zero-order chi connectivity index (χ0) is 11.5. The van der Waals surface area contributed by atoms with Gasteiger partial charge >= 0.3 is 0 Å². The molecule has 0 unspecified atom stereocenters. The Morgan fingerprint density at radius 1 is 1.31 bits per heavy atom. The number of hydrogen-bond acceptors (Lipinski definition) is 2. The fraction of sp³-hybridized carbons (Fsp3) is 0.0909. The maximum Gasteiger partial charge on any atom is 0.266 e. The molecule has 82 valence electrons. The largest absolute Gasteiger partial charge is 0.307 e. The highest BCUT2D eigenvalue weighted by atomic mass is 16.2. The molecule has 0 saturated heterocycles. The first-order valence-corrected chi connectivity index (χ1v) is 4.79. The molecule has 0 aliphatic heterocycles. The summed E-state index contributed by atoms with van der Waals surface area (Å²) < 4.78 is 1.46. The molecular weight excluding hydrogens is 206 g/mol. The summed E-state index contributed by atoms with van der Waals surface area (Å²) in [5.74, 6) is 0.203. The summed E-state index contributed by atoms with van der Waals surface area (Å²) in [6.07, 6.45) is 0. The van der Waals surface area contributed by atoms with E-state index in [1.165, 1.54) is 10.7 Å². The number of rotatable bonds is 2. The number of carbonyl (C=O) groups excluding carboxylic acids is 1. The van der Waals surface area contributed by atoms with Gasteiger partial charge in [0.05, 0.1) is 0 Å². The third-order valence-corrected chi connectivity index (χ3v) is 2.18. The van der Waals surface area contributed by atoms with Crippen molar-refractivity contribution in [3.05, 3.63) is 52.3 Å². The van der Waals surface area contributed by atoms with Crippen molar-refractivity contribution >= 4 is 11.7 Å². The second-order valence-corrected chi connectivity index (χ2v) is 3.38. The summed E-state index contributed by atoms with van der Waals surface area (Å²) in [7, 11) is 1.65. The molecule has 1 amide bonds. The van der Waals surface area contributed by atoms with Crippen LogP contribution in [0.15, 0.2) is 41.2 Å². The lowest BCUT2D eigenvalue weighted by Gasteiger charge is -2.04. The van der Waals surface area contributed by atoms with Gasteiger partial charge in [-0.1, -0.05) is 18.2 Å². The van der Waals surface area contributed by atoms with Crippen LogP contribution in [0, 0.1) is 0 Å². The van der Waals surface area contributed by atoms with Gasteiger partial charge in [-0.15, -0.1) is 0 Å². The molecule has 5 nitrogen and oxygen atoms in total. The zero-order valence-corrected chi connectivity index (χ0v) is 8.73. The molecule has 0 fully saturated rings. The number of benzene rings is 1. The molecule has 1 aromatic heterocycles. The van der Waals surface area contributed by atoms with Gasteiger partial charge in [-0.3, -0.25) is 19.4 Å². The van der Waals surface area contributed by atoms with Crippen LogP contribution in [0.3, 0.4) is 0 Å². The van der Waals surface area contributed by atoms with Crippen molar-refractivity contribution in [1.82, 2.24) is 9.78 Å². The van der Waals surface area contributed by atoms with Crippen molar-refractivity contribution in [3.8, 4) is 0 Å². The Hall–Kier alpha value is -2.30. The molecule has 2 rings (SSSR count). The summed E-state index contributed by atoms with van der Waals surface area (Å²) in [4.78, 5) is 22.7. The van der Waals surface area contributed by atoms with E-state index in [4.69, 9.17) is 0 Å². The van der Waals surface area contributed by atoms with Crippen molar-refractivity contribution < 1.29 is 4.79 Å². The number of carbonyl (C=O) groups is 1. The van der Waals surface area contributed by atoms with Crippen LogP contribution in [0.25, 0.3) is 0 Å². The molecule has 0 spiro atoms. The molecule has 1 heterocycles. The standard InChI is InChI=1S/C11H11N3O2/c1-14-9(7-10(15)13-14)12-11(16)8-5-3-2-4-6-8/h2-7H,1H3,(H,12,16)(H,13,15). The highest BCUT2D eigenvalue weighted by molar-refractivity contribution is 6.03. The molecular formula is C11H11N3O2. The van der Waals surface area contributed by atoms with Crippen LogP contribution in [0.4, 0.5) is 5.82 Å². The maximum atomic E-state index is 11.7. The third-order valence-electron chi connectivity index (χ3n) is 2.18. The number of aromatic amines is 1. The molecule has 16 heavy (non-hydrogen) atoms. The minimum absolute atomic E-state index is 0.241. The highest BCUT2D eigenvalue weighted by Gasteiger charge is 2.07. The van der Waals surface area contributed by atoms with Crippen molar-refractivity contribution in [3.63, 3.8) is 0 Å². The first-order chi connectivity index (χ1) is 7.66. The number of anilines is 1. The van der Waals surface area contributed by atoms with E-state index in [1.807, 2.05) is 6.07 Å². The molecule has 0 saturated carbocycles. The monoisotopic (exact) mass is 217 g/mol. The lowest BCUT2D eigenvalue weighted by Crippen LogP contribution is -2.14. The summed E-state index contributed by atoms with van der Waals surface area (Å²) in [5.41, 5.74) is 0.307. The summed E-state index contributed by atoms with van der Waals surface area (Å²) >= 11 is 0. The Bertz CT molecular complexity index is 554. The number of H-pyrrole nitrogens is 1. The van der Waals surface area contributed by atoms with Gasteiger partial charge in [0.2, 0.25) is 0 Å². The van der Waals surface area contributed by atoms with Crippen LogP contribution in [0.5, 0.6) is 0 Å². The van der Waals surface area contributed by atoms with E-state index in [0.717, 1.165) is 0 Å². The Morgan fingerprint density at radius 3 is 2.56 bits per heavy atom. The molecule has 0 aliphatic rings. The molecule has 5 heteroatoms. The van der Waals surface area contributed by atoms with Gasteiger partial charge in [0.15, 0.2) is 0 Å². The van der Waals surface area contributed by atoms with E-state index >= 15 is 0 Å². The van der Waals surface area contributed by atoms with Crippen molar-refractivity contribution in [1.29, 1.82) is 0 Å². The molecule has 2 N–H and O–H groups in total. The topological polar surface area (TPSA) is 66.9 Å². The maximum absolute atomic E-state index is 11.7. The number of aromatic nitrogens is 2. The molecule has 0 atom stereocenters. The molecule has 1 aromatic carbocycles. The third kappa shape index (κ3) is 2.03. The van der Waals surface area contributed by atoms with Crippen LogP contribution in [0.1, 0.15) is 10.4 Å². The second kappa shape index (κ2) is 4.06. The lowest BCUT2D eigenvalue weighted by atomic mass is 10.2. The van der Waals surface area contributed by atoms with E-state index in [0.29, 0.717) is 11.4 Å².